The van der Waals surface area contributed by atoms with Crippen LogP contribution in [0.2, 0.25) is 0 Å². The van der Waals surface area contributed by atoms with Gasteiger partial charge in [0.05, 0.1) is 0 Å². The van der Waals surface area contributed by atoms with Crippen molar-refractivity contribution < 1.29 is 0 Å². The van der Waals surface area contributed by atoms with Crippen molar-refractivity contribution in [2.24, 2.45) is 5.92 Å². The van der Waals surface area contributed by atoms with Gasteiger partial charge in [0.25, 0.3) is 0 Å². The number of rotatable bonds is 5. The van der Waals surface area contributed by atoms with Crippen LogP contribution in [0.15, 0.2) is 0 Å². The molecule has 1 nitrogen and oxygen atoms in total. The van der Waals surface area contributed by atoms with Crippen molar-refractivity contribution in [1.82, 2.24) is 5.32 Å². The minimum Gasteiger partial charge on any atom is -0.312 e. The Kier molecular flexibility index (Phi) is 3.43. The van der Waals surface area contributed by atoms with Gasteiger partial charge in [-0.25, -0.2) is 0 Å². The van der Waals surface area contributed by atoms with E-state index >= 15 is 0 Å². The van der Waals surface area contributed by atoms with Crippen LogP contribution >= 0.6 is 11.8 Å². The van der Waals surface area contributed by atoms with Gasteiger partial charge in [-0.3, -0.25) is 0 Å². The molecule has 2 heteroatoms. The molecular weight excluding hydrogens is 190 g/mol. The maximum atomic E-state index is 3.79. The molecule has 14 heavy (non-hydrogen) atoms. The zero-order chi connectivity index (χ0) is 10.0. The third-order valence-corrected chi connectivity index (χ3v) is 5.23. The zero-order valence-electron chi connectivity index (χ0n) is 9.51. The summed E-state index contributed by atoms with van der Waals surface area (Å²) >= 11 is 2.21. The monoisotopic (exact) mass is 213 g/mol. The van der Waals surface area contributed by atoms with Crippen molar-refractivity contribution >= 4 is 11.8 Å². The average molecular weight is 213 g/mol. The lowest BCUT2D eigenvalue weighted by molar-refractivity contribution is 0.365. The van der Waals surface area contributed by atoms with E-state index in [1.807, 2.05) is 0 Å². The van der Waals surface area contributed by atoms with Crippen molar-refractivity contribution in [1.29, 1.82) is 0 Å². The maximum absolute atomic E-state index is 3.79. The molecule has 1 aliphatic heterocycles. The summed E-state index contributed by atoms with van der Waals surface area (Å²) in [6.45, 7) is 5.95. The first-order valence-corrected chi connectivity index (χ1v) is 7.12. The lowest BCUT2D eigenvalue weighted by Crippen LogP contribution is -2.47. The summed E-state index contributed by atoms with van der Waals surface area (Å²) in [6.07, 6.45) is 7.06. The summed E-state index contributed by atoms with van der Waals surface area (Å²) in [6, 6.07) is 0.801. The maximum Gasteiger partial charge on any atom is 0.0287 e. The normalized spacial score (nSPS) is 34.7. The number of hydrogen-bond donors (Lipinski definition) is 1. The first-order chi connectivity index (χ1) is 6.76. The standard InChI is InChI=1S/C12H23NS/c1-3-8-13-11(10-5-6-10)12(2)7-4-9-14-12/h10-11,13H,3-9H2,1-2H3. The van der Waals surface area contributed by atoms with E-state index in [0.717, 1.165) is 12.0 Å². The highest BCUT2D eigenvalue weighted by atomic mass is 32.2. The molecular formula is C12H23NS. The van der Waals surface area contributed by atoms with Crippen molar-refractivity contribution in [3.05, 3.63) is 0 Å². The first kappa shape index (κ1) is 10.8. The van der Waals surface area contributed by atoms with Crippen molar-refractivity contribution in [2.45, 2.75) is 56.7 Å². The van der Waals surface area contributed by atoms with Gasteiger partial charge in [-0.05, 0) is 57.2 Å². The SMILES string of the molecule is CCCNC(C1CC1)C1(C)CCCS1. The molecule has 2 rings (SSSR count). The van der Waals surface area contributed by atoms with Gasteiger partial charge in [0, 0.05) is 10.8 Å². The zero-order valence-corrected chi connectivity index (χ0v) is 10.3. The molecule has 1 saturated heterocycles. The van der Waals surface area contributed by atoms with Crippen LogP contribution in [0.5, 0.6) is 0 Å². The Morgan fingerprint density at radius 3 is 2.79 bits per heavy atom. The largest absolute Gasteiger partial charge is 0.312 e. The Morgan fingerprint density at radius 2 is 2.29 bits per heavy atom. The van der Waals surface area contributed by atoms with Gasteiger partial charge < -0.3 is 5.32 Å². The van der Waals surface area contributed by atoms with E-state index in [4.69, 9.17) is 0 Å². The molecule has 2 atom stereocenters. The second kappa shape index (κ2) is 4.44. The Balaban J connectivity index is 1.94. The highest BCUT2D eigenvalue weighted by Crippen LogP contribution is 2.48. The summed E-state index contributed by atoms with van der Waals surface area (Å²) in [5.41, 5.74) is 0. The van der Waals surface area contributed by atoms with Crippen LogP contribution in [0.4, 0.5) is 0 Å². The van der Waals surface area contributed by atoms with Gasteiger partial charge in [-0.2, -0.15) is 11.8 Å². The molecule has 0 radical (unpaired) electrons. The first-order valence-electron chi connectivity index (χ1n) is 6.13. The second-order valence-corrected chi connectivity index (χ2v) is 6.66. The smallest absolute Gasteiger partial charge is 0.0287 e. The van der Waals surface area contributed by atoms with Gasteiger partial charge in [0.1, 0.15) is 0 Å². The summed E-state index contributed by atoms with van der Waals surface area (Å²) in [5.74, 6) is 2.38. The molecule has 2 fully saturated rings. The van der Waals surface area contributed by atoms with E-state index in [9.17, 15) is 0 Å². The highest BCUT2D eigenvalue weighted by Gasteiger charge is 2.45. The van der Waals surface area contributed by atoms with Crippen LogP contribution in [0.1, 0.15) is 46.0 Å². The predicted molar refractivity (Wildman–Crippen MR) is 64.9 cm³/mol. The topological polar surface area (TPSA) is 12.0 Å². The molecule has 82 valence electrons. The fourth-order valence-electron chi connectivity index (χ4n) is 2.66. The van der Waals surface area contributed by atoms with Crippen LogP contribution in [0, 0.1) is 5.92 Å². The molecule has 1 aliphatic carbocycles. The lowest BCUT2D eigenvalue weighted by atomic mass is 9.92. The molecule has 0 aromatic rings. The third-order valence-electron chi connectivity index (χ3n) is 3.61. The van der Waals surface area contributed by atoms with Gasteiger partial charge in [0.15, 0.2) is 0 Å². The molecule has 0 spiro atoms. The summed E-state index contributed by atoms with van der Waals surface area (Å²) < 4.78 is 0.552. The van der Waals surface area contributed by atoms with Gasteiger partial charge in [-0.1, -0.05) is 6.92 Å². The van der Waals surface area contributed by atoms with E-state index in [1.54, 1.807) is 0 Å². The minimum atomic E-state index is 0.552. The van der Waals surface area contributed by atoms with Crippen LogP contribution < -0.4 is 5.32 Å². The number of nitrogens with one attached hydrogen (secondary N) is 1. The summed E-state index contributed by atoms with van der Waals surface area (Å²) in [4.78, 5) is 0. The van der Waals surface area contributed by atoms with Crippen LogP contribution in [0.25, 0.3) is 0 Å². The fourth-order valence-corrected chi connectivity index (χ4v) is 4.16. The fraction of sp³-hybridized carbons (Fsp3) is 1.00. The molecule has 0 aromatic carbocycles. The number of thioether (sulfide) groups is 1. The van der Waals surface area contributed by atoms with Crippen molar-refractivity contribution in [2.75, 3.05) is 12.3 Å². The Labute approximate surface area is 92.4 Å². The van der Waals surface area contributed by atoms with Crippen molar-refractivity contribution in [3.63, 3.8) is 0 Å². The Bertz CT molecular complexity index is 183. The Hall–Kier alpha value is 0.310. The van der Waals surface area contributed by atoms with Gasteiger partial charge >= 0.3 is 0 Å². The quantitative estimate of drug-likeness (QED) is 0.753. The van der Waals surface area contributed by atoms with E-state index in [2.05, 4.69) is 30.9 Å². The Morgan fingerprint density at radius 1 is 1.50 bits per heavy atom. The molecule has 2 unspecified atom stereocenters. The highest BCUT2D eigenvalue weighted by molar-refractivity contribution is 8.00. The third kappa shape index (κ3) is 2.27. The van der Waals surface area contributed by atoms with Gasteiger partial charge in [0.2, 0.25) is 0 Å². The molecule has 0 amide bonds. The van der Waals surface area contributed by atoms with E-state index in [-0.39, 0.29) is 0 Å². The van der Waals surface area contributed by atoms with Crippen LogP contribution in [-0.2, 0) is 0 Å². The second-order valence-electron chi connectivity index (χ2n) is 5.03. The molecule has 1 saturated carbocycles. The summed E-state index contributed by atoms with van der Waals surface area (Å²) in [7, 11) is 0. The molecule has 2 aliphatic rings. The average Bonchev–Trinajstić information content (AvgIpc) is 2.90. The van der Waals surface area contributed by atoms with Crippen molar-refractivity contribution in [3.8, 4) is 0 Å². The minimum absolute atomic E-state index is 0.552. The number of hydrogen-bond acceptors (Lipinski definition) is 2. The predicted octanol–water partition coefficient (Wildman–Crippen LogP) is 3.05. The summed E-state index contributed by atoms with van der Waals surface area (Å²) in [5, 5.41) is 3.79. The molecule has 0 aromatic heterocycles. The van der Waals surface area contributed by atoms with Gasteiger partial charge in [-0.15, -0.1) is 0 Å². The molecule has 1 N–H and O–H groups in total. The van der Waals surface area contributed by atoms with E-state index < -0.39 is 0 Å². The van der Waals surface area contributed by atoms with E-state index in [1.165, 1.54) is 44.4 Å². The van der Waals surface area contributed by atoms with E-state index in [0.29, 0.717) is 4.75 Å². The molecule has 1 heterocycles. The van der Waals surface area contributed by atoms with Crippen LogP contribution in [0.3, 0.4) is 0 Å². The van der Waals surface area contributed by atoms with Crippen LogP contribution in [-0.4, -0.2) is 23.1 Å². The lowest BCUT2D eigenvalue weighted by Gasteiger charge is -2.34. The molecule has 0 bridgehead atoms.